The van der Waals surface area contributed by atoms with E-state index in [2.05, 4.69) is 5.32 Å². The molecule has 0 spiro atoms. The van der Waals surface area contributed by atoms with Crippen molar-refractivity contribution in [3.8, 4) is 5.75 Å². The second-order valence-electron chi connectivity index (χ2n) is 5.25. The lowest BCUT2D eigenvalue weighted by atomic mass is 10.2. The smallest absolute Gasteiger partial charge is 0.251 e. The fraction of sp³-hybridized carbons (Fsp3) is 0.222. The second kappa shape index (κ2) is 8.10. The summed E-state index contributed by atoms with van der Waals surface area (Å²) in [7, 11) is 3.22. The Morgan fingerprint density at radius 1 is 1.12 bits per heavy atom. The van der Waals surface area contributed by atoms with Crippen molar-refractivity contribution in [1.82, 2.24) is 10.2 Å². The first-order valence-electron chi connectivity index (χ1n) is 7.41. The highest BCUT2D eigenvalue weighted by Gasteiger charge is 2.13. The van der Waals surface area contributed by atoms with Gasteiger partial charge < -0.3 is 15.0 Å². The van der Waals surface area contributed by atoms with Gasteiger partial charge in [-0.05, 0) is 30.3 Å². The fourth-order valence-electron chi connectivity index (χ4n) is 2.17. The molecule has 2 aromatic carbocycles. The van der Waals surface area contributed by atoms with Crippen LogP contribution < -0.4 is 10.1 Å². The van der Waals surface area contributed by atoms with E-state index < -0.39 is 11.7 Å². The Labute approximate surface area is 140 Å². The van der Waals surface area contributed by atoms with Crippen LogP contribution in [-0.2, 0) is 11.3 Å². The van der Waals surface area contributed by atoms with Gasteiger partial charge in [-0.1, -0.05) is 18.2 Å². The van der Waals surface area contributed by atoms with Crippen molar-refractivity contribution in [2.24, 2.45) is 0 Å². The Kier molecular flexibility index (Phi) is 5.89. The van der Waals surface area contributed by atoms with Crippen LogP contribution in [0.15, 0.2) is 48.5 Å². The molecule has 0 atom stereocenters. The van der Waals surface area contributed by atoms with Gasteiger partial charge >= 0.3 is 0 Å². The van der Waals surface area contributed by atoms with Gasteiger partial charge in [0.05, 0.1) is 13.7 Å². The minimum atomic E-state index is -0.422. The first-order chi connectivity index (χ1) is 11.5. The van der Waals surface area contributed by atoms with Gasteiger partial charge in [-0.15, -0.1) is 0 Å². The lowest BCUT2D eigenvalue weighted by Gasteiger charge is -2.19. The van der Waals surface area contributed by atoms with Crippen molar-refractivity contribution >= 4 is 11.8 Å². The fourth-order valence-corrected chi connectivity index (χ4v) is 2.17. The van der Waals surface area contributed by atoms with Crippen molar-refractivity contribution in [3.05, 3.63) is 65.5 Å². The van der Waals surface area contributed by atoms with Crippen LogP contribution in [-0.4, -0.2) is 37.4 Å². The molecule has 0 aliphatic rings. The van der Waals surface area contributed by atoms with Gasteiger partial charge in [-0.3, -0.25) is 9.59 Å². The highest BCUT2D eigenvalue weighted by Crippen LogP contribution is 2.18. The van der Waals surface area contributed by atoms with E-state index >= 15 is 0 Å². The third-order valence-corrected chi connectivity index (χ3v) is 3.53. The summed E-state index contributed by atoms with van der Waals surface area (Å²) in [5.74, 6) is -0.378. The Hall–Kier alpha value is -2.89. The normalized spacial score (nSPS) is 10.1. The zero-order valence-corrected chi connectivity index (χ0v) is 13.6. The minimum Gasteiger partial charge on any atom is -0.496 e. The third kappa shape index (κ3) is 4.55. The van der Waals surface area contributed by atoms with Crippen molar-refractivity contribution in [2.45, 2.75) is 6.54 Å². The molecule has 2 amide bonds. The minimum absolute atomic E-state index is 0.137. The quantitative estimate of drug-likeness (QED) is 0.883. The number of benzene rings is 2. The summed E-state index contributed by atoms with van der Waals surface area (Å²) in [4.78, 5) is 25.6. The van der Waals surface area contributed by atoms with Crippen LogP contribution in [0.5, 0.6) is 5.75 Å². The van der Waals surface area contributed by atoms with Crippen LogP contribution in [0, 0.1) is 5.82 Å². The number of hydrogen-bond donors (Lipinski definition) is 1. The molecule has 1 N–H and O–H groups in total. The van der Waals surface area contributed by atoms with Gasteiger partial charge in [0.2, 0.25) is 5.91 Å². The van der Waals surface area contributed by atoms with Crippen LogP contribution in [0.4, 0.5) is 4.39 Å². The summed E-state index contributed by atoms with van der Waals surface area (Å²) >= 11 is 0. The number of nitrogens with one attached hydrogen (secondary N) is 1. The molecule has 0 unspecified atom stereocenters. The molecule has 0 saturated carbocycles. The predicted octanol–water partition coefficient (Wildman–Crippen LogP) is 2.22. The molecule has 24 heavy (non-hydrogen) atoms. The van der Waals surface area contributed by atoms with E-state index in [1.54, 1.807) is 14.2 Å². The summed E-state index contributed by atoms with van der Waals surface area (Å²) in [5.41, 5.74) is 1.18. The summed E-state index contributed by atoms with van der Waals surface area (Å²) in [5, 5.41) is 2.53. The van der Waals surface area contributed by atoms with Crippen LogP contribution in [0.1, 0.15) is 15.9 Å². The topological polar surface area (TPSA) is 58.6 Å². The Balaban J connectivity index is 1.89. The molecule has 0 saturated heterocycles. The SMILES string of the molecule is COc1ccccc1CN(C)C(=O)CNC(=O)c1ccc(F)cc1. The zero-order chi connectivity index (χ0) is 17.5. The predicted molar refractivity (Wildman–Crippen MR) is 88.2 cm³/mol. The van der Waals surface area contributed by atoms with Crippen LogP contribution in [0.2, 0.25) is 0 Å². The summed E-state index contributed by atoms with van der Waals surface area (Å²) in [6, 6.07) is 12.6. The van der Waals surface area contributed by atoms with E-state index in [9.17, 15) is 14.0 Å². The van der Waals surface area contributed by atoms with Crippen molar-refractivity contribution in [2.75, 3.05) is 20.7 Å². The number of rotatable bonds is 6. The van der Waals surface area contributed by atoms with Crippen LogP contribution in [0.3, 0.4) is 0 Å². The first-order valence-corrected chi connectivity index (χ1v) is 7.41. The number of para-hydroxylation sites is 1. The molecule has 0 radical (unpaired) electrons. The number of carbonyl (C=O) groups excluding carboxylic acids is 2. The molecular weight excluding hydrogens is 311 g/mol. The standard InChI is InChI=1S/C18H19FN2O3/c1-21(12-14-5-3-4-6-16(14)24-2)17(22)11-20-18(23)13-7-9-15(19)10-8-13/h3-10H,11-12H2,1-2H3,(H,20,23). The van der Waals surface area contributed by atoms with Crippen molar-refractivity contribution < 1.29 is 18.7 Å². The molecule has 0 fully saturated rings. The van der Waals surface area contributed by atoms with Gasteiger partial charge in [0.25, 0.3) is 5.91 Å². The monoisotopic (exact) mass is 330 g/mol. The molecule has 0 heterocycles. The highest BCUT2D eigenvalue weighted by atomic mass is 19.1. The lowest BCUT2D eigenvalue weighted by molar-refractivity contribution is -0.129. The zero-order valence-electron chi connectivity index (χ0n) is 13.6. The molecule has 5 nitrogen and oxygen atoms in total. The van der Waals surface area contributed by atoms with Gasteiger partial charge in [-0.25, -0.2) is 4.39 Å². The maximum absolute atomic E-state index is 12.8. The maximum Gasteiger partial charge on any atom is 0.251 e. The molecule has 6 heteroatoms. The van der Waals surface area contributed by atoms with E-state index in [4.69, 9.17) is 4.74 Å². The number of nitrogens with zero attached hydrogens (tertiary/aromatic N) is 1. The summed E-state index contributed by atoms with van der Waals surface area (Å²) in [6.45, 7) is 0.233. The van der Waals surface area contributed by atoms with Gasteiger partial charge in [0.1, 0.15) is 11.6 Å². The van der Waals surface area contributed by atoms with E-state index in [1.807, 2.05) is 24.3 Å². The van der Waals surface area contributed by atoms with E-state index in [-0.39, 0.29) is 12.5 Å². The average Bonchev–Trinajstić information content (AvgIpc) is 2.60. The highest BCUT2D eigenvalue weighted by molar-refractivity contribution is 5.96. The third-order valence-electron chi connectivity index (χ3n) is 3.53. The summed E-state index contributed by atoms with van der Waals surface area (Å²) in [6.07, 6.45) is 0. The number of amides is 2. The van der Waals surface area contributed by atoms with E-state index in [0.717, 1.165) is 5.56 Å². The average molecular weight is 330 g/mol. The number of halogens is 1. The number of carbonyl (C=O) groups is 2. The molecular formula is C18H19FN2O3. The molecule has 126 valence electrons. The maximum atomic E-state index is 12.8. The molecule has 0 aliphatic heterocycles. The number of likely N-dealkylation sites (N-methyl/N-ethyl adjacent to an activating group) is 1. The van der Waals surface area contributed by atoms with Crippen LogP contribution in [0.25, 0.3) is 0 Å². The molecule has 0 bridgehead atoms. The van der Waals surface area contributed by atoms with Crippen molar-refractivity contribution in [1.29, 1.82) is 0 Å². The van der Waals surface area contributed by atoms with Gasteiger partial charge in [0, 0.05) is 24.7 Å². The Bertz CT molecular complexity index is 716. The van der Waals surface area contributed by atoms with Crippen LogP contribution >= 0.6 is 0 Å². The largest absolute Gasteiger partial charge is 0.496 e. The number of methoxy groups -OCH3 is 1. The lowest BCUT2D eigenvalue weighted by Crippen LogP contribution is -2.37. The van der Waals surface area contributed by atoms with Gasteiger partial charge in [0.15, 0.2) is 0 Å². The molecule has 2 aromatic rings. The van der Waals surface area contributed by atoms with Gasteiger partial charge in [-0.2, -0.15) is 0 Å². The van der Waals surface area contributed by atoms with Crippen molar-refractivity contribution in [3.63, 3.8) is 0 Å². The Morgan fingerprint density at radius 3 is 2.46 bits per heavy atom. The molecule has 0 aliphatic carbocycles. The second-order valence-corrected chi connectivity index (χ2v) is 5.25. The number of ether oxygens (including phenoxy) is 1. The first kappa shape index (κ1) is 17.5. The molecule has 0 aromatic heterocycles. The van der Waals surface area contributed by atoms with E-state index in [0.29, 0.717) is 17.9 Å². The van der Waals surface area contributed by atoms with E-state index in [1.165, 1.54) is 29.2 Å². The molecule has 2 rings (SSSR count). The number of hydrogen-bond acceptors (Lipinski definition) is 3. The summed E-state index contributed by atoms with van der Waals surface area (Å²) < 4.78 is 18.1. The Morgan fingerprint density at radius 2 is 1.79 bits per heavy atom.